The van der Waals surface area contributed by atoms with Gasteiger partial charge in [-0.05, 0) is 44.5 Å². The van der Waals surface area contributed by atoms with Gasteiger partial charge in [0.05, 0.1) is 18.8 Å². The van der Waals surface area contributed by atoms with Crippen molar-refractivity contribution in [3.05, 3.63) is 70.2 Å². The van der Waals surface area contributed by atoms with E-state index >= 15 is 0 Å². The smallest absolute Gasteiger partial charge is 0.347 e. The van der Waals surface area contributed by atoms with E-state index in [9.17, 15) is 9.59 Å². The van der Waals surface area contributed by atoms with Gasteiger partial charge in [-0.15, -0.1) is 0 Å². The second-order valence-electron chi connectivity index (χ2n) is 7.97. The van der Waals surface area contributed by atoms with Gasteiger partial charge in [0.2, 0.25) is 5.91 Å². The molecule has 1 atom stereocenters. The van der Waals surface area contributed by atoms with Crippen molar-refractivity contribution in [3.8, 4) is 11.1 Å². The van der Waals surface area contributed by atoms with Gasteiger partial charge in [-0.1, -0.05) is 0 Å². The largest absolute Gasteiger partial charge is 0.368 e. The van der Waals surface area contributed by atoms with E-state index in [-0.39, 0.29) is 24.1 Å². The van der Waals surface area contributed by atoms with E-state index in [0.29, 0.717) is 31.9 Å². The molecule has 0 radical (unpaired) electrons. The molecule has 4 rings (SSSR count). The van der Waals surface area contributed by atoms with Crippen molar-refractivity contribution in [2.75, 3.05) is 19.7 Å². The van der Waals surface area contributed by atoms with Crippen LogP contribution in [0.5, 0.6) is 0 Å². The maximum Gasteiger partial charge on any atom is 0.347 e. The van der Waals surface area contributed by atoms with Crippen molar-refractivity contribution < 1.29 is 9.53 Å². The van der Waals surface area contributed by atoms with Crippen LogP contribution in [-0.4, -0.2) is 55.0 Å². The van der Waals surface area contributed by atoms with E-state index in [2.05, 4.69) is 19.9 Å². The zero-order chi connectivity index (χ0) is 22.7. The summed E-state index contributed by atoms with van der Waals surface area (Å²) in [5.41, 5.74) is 4.65. The minimum Gasteiger partial charge on any atom is -0.368 e. The van der Waals surface area contributed by atoms with Crippen LogP contribution in [0.25, 0.3) is 11.1 Å². The van der Waals surface area contributed by atoms with Crippen LogP contribution in [0, 0.1) is 20.8 Å². The lowest BCUT2D eigenvalue weighted by Crippen LogP contribution is -2.43. The number of carbonyl (C=O) groups excluding carboxylic acids is 1. The van der Waals surface area contributed by atoms with Crippen molar-refractivity contribution in [3.63, 3.8) is 0 Å². The number of carbonyl (C=O) groups is 1. The molecule has 1 saturated heterocycles. The quantitative estimate of drug-likeness (QED) is 0.605. The van der Waals surface area contributed by atoms with E-state index in [1.807, 2.05) is 32.0 Å². The Kier molecular flexibility index (Phi) is 6.36. The average Bonchev–Trinajstić information content (AvgIpc) is 2.78. The zero-order valence-electron chi connectivity index (χ0n) is 18.5. The Morgan fingerprint density at radius 1 is 1.06 bits per heavy atom. The molecule has 9 heteroatoms. The summed E-state index contributed by atoms with van der Waals surface area (Å²) in [6.07, 6.45) is 4.92. The third kappa shape index (κ3) is 4.88. The summed E-state index contributed by atoms with van der Waals surface area (Å²) < 4.78 is 7.49. The first-order chi connectivity index (χ1) is 15.4. The number of ether oxygens (including phenoxy) is 1. The number of aryl methyl sites for hydroxylation is 3. The summed E-state index contributed by atoms with van der Waals surface area (Å²) in [7, 11) is 0. The van der Waals surface area contributed by atoms with Crippen LogP contribution < -0.4 is 5.69 Å². The molecule has 1 aliphatic heterocycles. The first-order valence-corrected chi connectivity index (χ1v) is 10.6. The number of hydrogen-bond donors (Lipinski definition) is 0. The third-order valence-electron chi connectivity index (χ3n) is 5.51. The van der Waals surface area contributed by atoms with E-state index in [0.717, 1.165) is 28.2 Å². The Labute approximate surface area is 186 Å². The average molecular weight is 435 g/mol. The minimum atomic E-state index is -0.323. The fourth-order valence-corrected chi connectivity index (χ4v) is 3.94. The maximum atomic E-state index is 12.9. The Hall–Kier alpha value is -3.46. The van der Waals surface area contributed by atoms with Crippen LogP contribution in [-0.2, 0) is 16.1 Å². The molecule has 0 aromatic carbocycles. The van der Waals surface area contributed by atoms with Crippen LogP contribution >= 0.6 is 0 Å². The molecule has 0 unspecified atom stereocenters. The topological polar surface area (TPSA) is 103 Å². The molecule has 0 N–H and O–H groups in total. The molecule has 1 aliphatic rings. The van der Waals surface area contributed by atoms with Gasteiger partial charge in [0.15, 0.2) is 0 Å². The number of pyridine rings is 1. The highest BCUT2D eigenvalue weighted by atomic mass is 16.5. The molecular weight excluding hydrogens is 408 g/mol. The maximum absolute atomic E-state index is 12.9. The highest BCUT2D eigenvalue weighted by molar-refractivity contribution is 5.76. The minimum absolute atomic E-state index is 0.0190. The van der Waals surface area contributed by atoms with Gasteiger partial charge in [0.25, 0.3) is 0 Å². The number of morpholine rings is 1. The van der Waals surface area contributed by atoms with Crippen molar-refractivity contribution in [1.29, 1.82) is 0 Å². The lowest BCUT2D eigenvalue weighted by Gasteiger charge is -2.33. The Morgan fingerprint density at radius 3 is 2.56 bits per heavy atom. The second-order valence-corrected chi connectivity index (χ2v) is 7.97. The number of aromatic nitrogens is 5. The third-order valence-corrected chi connectivity index (χ3v) is 5.51. The first kappa shape index (κ1) is 21.8. The van der Waals surface area contributed by atoms with Gasteiger partial charge in [-0.25, -0.2) is 14.8 Å². The molecule has 1 fully saturated rings. The fraction of sp³-hybridized carbons (Fsp3) is 0.391. The highest BCUT2D eigenvalue weighted by Crippen LogP contribution is 2.26. The Bertz CT molecular complexity index is 1180. The highest BCUT2D eigenvalue weighted by Gasteiger charge is 2.27. The van der Waals surface area contributed by atoms with Gasteiger partial charge < -0.3 is 9.64 Å². The molecule has 0 spiro atoms. The number of amides is 1. The monoisotopic (exact) mass is 434 g/mol. The second kappa shape index (κ2) is 9.35. The predicted molar refractivity (Wildman–Crippen MR) is 118 cm³/mol. The molecule has 3 aromatic rings. The van der Waals surface area contributed by atoms with Crippen LogP contribution in [0.2, 0.25) is 0 Å². The van der Waals surface area contributed by atoms with Gasteiger partial charge in [-0.3, -0.25) is 14.3 Å². The van der Waals surface area contributed by atoms with E-state index in [1.54, 1.807) is 28.8 Å². The van der Waals surface area contributed by atoms with E-state index < -0.39 is 0 Å². The molecule has 9 nitrogen and oxygen atoms in total. The standard InChI is InChI=1S/C23H26N6O3/c1-15-8-17(3)29(23(31)27-15)5-4-22(30)28-6-7-32-21(13-28)20-10-18(9-16(2)26-20)19-11-24-14-25-12-19/h8-12,14,21H,4-7,13H2,1-3H3/t21-/m0/s1. The number of nitrogens with zero attached hydrogens (tertiary/aromatic N) is 6. The fourth-order valence-electron chi connectivity index (χ4n) is 3.94. The molecule has 3 aromatic heterocycles. The van der Waals surface area contributed by atoms with Crippen LogP contribution in [0.15, 0.2) is 41.7 Å². The normalized spacial score (nSPS) is 16.2. The lowest BCUT2D eigenvalue weighted by atomic mass is 10.1. The summed E-state index contributed by atoms with van der Waals surface area (Å²) in [6.45, 7) is 7.23. The molecule has 0 aliphatic carbocycles. The summed E-state index contributed by atoms with van der Waals surface area (Å²) in [5.74, 6) is -0.0190. The van der Waals surface area contributed by atoms with Crippen molar-refractivity contribution in [2.24, 2.45) is 0 Å². The Morgan fingerprint density at radius 2 is 1.81 bits per heavy atom. The van der Waals surface area contributed by atoms with Gasteiger partial charge >= 0.3 is 5.69 Å². The molecular formula is C23H26N6O3. The number of rotatable bonds is 5. The van der Waals surface area contributed by atoms with Crippen LogP contribution in [0.1, 0.15) is 35.3 Å². The van der Waals surface area contributed by atoms with Crippen molar-refractivity contribution >= 4 is 5.91 Å². The van der Waals surface area contributed by atoms with Gasteiger partial charge in [0, 0.05) is 54.5 Å². The van der Waals surface area contributed by atoms with E-state index in [4.69, 9.17) is 4.74 Å². The van der Waals surface area contributed by atoms with Crippen LogP contribution in [0.3, 0.4) is 0 Å². The summed E-state index contributed by atoms with van der Waals surface area (Å²) >= 11 is 0. The van der Waals surface area contributed by atoms with Crippen molar-refractivity contribution in [1.82, 2.24) is 29.4 Å². The lowest BCUT2D eigenvalue weighted by molar-refractivity contribution is -0.139. The predicted octanol–water partition coefficient (Wildman–Crippen LogP) is 2.01. The first-order valence-electron chi connectivity index (χ1n) is 10.6. The summed E-state index contributed by atoms with van der Waals surface area (Å²) in [5, 5.41) is 0. The molecule has 166 valence electrons. The van der Waals surface area contributed by atoms with Crippen molar-refractivity contribution in [2.45, 2.75) is 39.8 Å². The molecule has 1 amide bonds. The molecule has 0 saturated carbocycles. The van der Waals surface area contributed by atoms with E-state index in [1.165, 1.54) is 6.33 Å². The zero-order valence-corrected chi connectivity index (χ0v) is 18.5. The van der Waals surface area contributed by atoms with Crippen LogP contribution in [0.4, 0.5) is 0 Å². The Balaban J connectivity index is 1.46. The summed E-state index contributed by atoms with van der Waals surface area (Å²) in [4.78, 5) is 43.6. The summed E-state index contributed by atoms with van der Waals surface area (Å²) in [6, 6.07) is 5.78. The van der Waals surface area contributed by atoms with Gasteiger partial charge in [0.1, 0.15) is 12.4 Å². The SMILES string of the molecule is Cc1cc(-c2cncnc2)cc([C@@H]2CN(C(=O)CCn3c(C)cc(C)nc3=O)CCO2)n1. The molecule has 4 heterocycles. The molecule has 32 heavy (non-hydrogen) atoms. The van der Waals surface area contributed by atoms with Gasteiger partial charge in [-0.2, -0.15) is 4.98 Å². The number of hydrogen-bond acceptors (Lipinski definition) is 7. The molecule has 0 bridgehead atoms.